The molecule has 4 atom stereocenters. The van der Waals surface area contributed by atoms with Crippen LogP contribution in [0.5, 0.6) is 0 Å². The fourth-order valence-electron chi connectivity index (χ4n) is 5.01. The standard InChI is InChI=1S/C27H43N3O4/c1-8-20(9-2)15-22(28-18(3)31)25-23(29-19(4)32)16-24(26(33)34-27(5,6)7)30(25)17-21-13-11-10-12-14-21/h10-14,20,22-25H,8-9,15-17H2,1-7H3,(H,28,31)(H,29,32)/t22-,23+,24?,25-/m0/s1. The Morgan fingerprint density at radius 3 is 2.18 bits per heavy atom. The van der Waals surface area contributed by atoms with Gasteiger partial charge in [0.15, 0.2) is 0 Å². The average molecular weight is 474 g/mol. The van der Waals surface area contributed by atoms with Crippen molar-refractivity contribution < 1.29 is 19.1 Å². The van der Waals surface area contributed by atoms with Crippen LogP contribution < -0.4 is 10.6 Å². The van der Waals surface area contributed by atoms with E-state index < -0.39 is 11.6 Å². The third kappa shape index (κ3) is 8.12. The van der Waals surface area contributed by atoms with Crippen molar-refractivity contribution in [1.29, 1.82) is 0 Å². The van der Waals surface area contributed by atoms with E-state index in [1.165, 1.54) is 13.8 Å². The lowest BCUT2D eigenvalue weighted by Crippen LogP contribution is -2.57. The molecule has 190 valence electrons. The van der Waals surface area contributed by atoms with E-state index in [4.69, 9.17) is 4.74 Å². The molecule has 0 saturated carbocycles. The van der Waals surface area contributed by atoms with E-state index in [1.54, 1.807) is 0 Å². The first-order valence-corrected chi connectivity index (χ1v) is 12.5. The summed E-state index contributed by atoms with van der Waals surface area (Å²) in [6.45, 7) is 13.4. The number of likely N-dealkylation sites (tertiary alicyclic amines) is 1. The van der Waals surface area contributed by atoms with Crippen LogP contribution in [0.2, 0.25) is 0 Å². The summed E-state index contributed by atoms with van der Waals surface area (Å²) in [4.78, 5) is 39.9. The van der Waals surface area contributed by atoms with E-state index in [0.29, 0.717) is 18.9 Å². The van der Waals surface area contributed by atoms with Gasteiger partial charge in [0.2, 0.25) is 11.8 Å². The van der Waals surface area contributed by atoms with Gasteiger partial charge in [-0.1, -0.05) is 57.0 Å². The van der Waals surface area contributed by atoms with Crippen molar-refractivity contribution in [3.63, 3.8) is 0 Å². The van der Waals surface area contributed by atoms with Crippen LogP contribution in [0.15, 0.2) is 30.3 Å². The van der Waals surface area contributed by atoms with E-state index in [0.717, 1.165) is 24.8 Å². The van der Waals surface area contributed by atoms with Crippen molar-refractivity contribution in [2.75, 3.05) is 0 Å². The lowest BCUT2D eigenvalue weighted by Gasteiger charge is -2.38. The molecule has 1 aromatic rings. The van der Waals surface area contributed by atoms with Crippen molar-refractivity contribution >= 4 is 17.8 Å². The number of hydrogen-bond donors (Lipinski definition) is 2. The topological polar surface area (TPSA) is 87.7 Å². The summed E-state index contributed by atoms with van der Waals surface area (Å²) < 4.78 is 5.79. The van der Waals surface area contributed by atoms with Gasteiger partial charge in [-0.15, -0.1) is 0 Å². The van der Waals surface area contributed by atoms with Crippen molar-refractivity contribution in [1.82, 2.24) is 15.5 Å². The predicted molar refractivity (Wildman–Crippen MR) is 134 cm³/mol. The molecule has 2 amide bonds. The largest absolute Gasteiger partial charge is 0.459 e. The summed E-state index contributed by atoms with van der Waals surface area (Å²) in [5, 5.41) is 6.24. The van der Waals surface area contributed by atoms with E-state index in [9.17, 15) is 14.4 Å². The fraction of sp³-hybridized carbons (Fsp3) is 0.667. The molecule has 0 radical (unpaired) electrons. The third-order valence-electron chi connectivity index (χ3n) is 6.49. The van der Waals surface area contributed by atoms with Crippen molar-refractivity contribution in [2.45, 2.75) is 110 Å². The highest BCUT2D eigenvalue weighted by Gasteiger charge is 2.49. The zero-order chi connectivity index (χ0) is 25.5. The van der Waals surface area contributed by atoms with Crippen LogP contribution in [0.1, 0.15) is 79.7 Å². The minimum Gasteiger partial charge on any atom is -0.459 e. The molecule has 1 heterocycles. The molecule has 0 bridgehead atoms. The van der Waals surface area contributed by atoms with Crippen LogP contribution in [0, 0.1) is 5.92 Å². The van der Waals surface area contributed by atoms with Gasteiger partial charge in [-0.2, -0.15) is 0 Å². The number of benzene rings is 1. The molecule has 34 heavy (non-hydrogen) atoms. The number of ether oxygens (including phenoxy) is 1. The third-order valence-corrected chi connectivity index (χ3v) is 6.49. The quantitative estimate of drug-likeness (QED) is 0.505. The summed E-state index contributed by atoms with van der Waals surface area (Å²) in [5.74, 6) is -0.138. The predicted octanol–water partition coefficient (Wildman–Crippen LogP) is 3.81. The van der Waals surface area contributed by atoms with Crippen LogP contribution >= 0.6 is 0 Å². The molecule has 1 fully saturated rings. The van der Waals surface area contributed by atoms with Gasteiger partial charge in [-0.3, -0.25) is 19.3 Å². The zero-order valence-electron chi connectivity index (χ0n) is 21.9. The summed E-state index contributed by atoms with van der Waals surface area (Å²) >= 11 is 0. The second-order valence-electron chi connectivity index (χ2n) is 10.5. The highest BCUT2D eigenvalue weighted by Crippen LogP contribution is 2.33. The maximum atomic E-state index is 13.4. The van der Waals surface area contributed by atoms with Gasteiger partial charge < -0.3 is 15.4 Å². The summed E-state index contributed by atoms with van der Waals surface area (Å²) in [5.41, 5.74) is 0.442. The van der Waals surface area contributed by atoms with E-state index in [1.807, 2.05) is 51.1 Å². The molecule has 0 aromatic heterocycles. The summed E-state index contributed by atoms with van der Waals surface area (Å²) in [6, 6.07) is 8.70. The molecule has 1 aliphatic rings. The Morgan fingerprint density at radius 1 is 1.06 bits per heavy atom. The Bertz CT molecular complexity index is 817. The van der Waals surface area contributed by atoms with Gasteiger partial charge in [0.05, 0.1) is 6.04 Å². The molecule has 2 rings (SSSR count). The lowest BCUT2D eigenvalue weighted by molar-refractivity contribution is -0.161. The molecule has 1 aliphatic heterocycles. The first-order valence-electron chi connectivity index (χ1n) is 12.5. The van der Waals surface area contributed by atoms with Crippen LogP contribution in [0.4, 0.5) is 0 Å². The van der Waals surface area contributed by atoms with Crippen LogP contribution in [0.25, 0.3) is 0 Å². The Morgan fingerprint density at radius 2 is 1.68 bits per heavy atom. The highest BCUT2D eigenvalue weighted by molar-refractivity contribution is 5.78. The number of carbonyl (C=O) groups is 3. The molecule has 2 N–H and O–H groups in total. The van der Waals surface area contributed by atoms with Crippen molar-refractivity contribution in [2.24, 2.45) is 5.92 Å². The number of nitrogens with one attached hydrogen (secondary N) is 2. The second-order valence-corrected chi connectivity index (χ2v) is 10.5. The maximum absolute atomic E-state index is 13.4. The lowest BCUT2D eigenvalue weighted by atomic mass is 9.88. The second kappa shape index (κ2) is 12.3. The van der Waals surface area contributed by atoms with Crippen LogP contribution in [0.3, 0.4) is 0 Å². The highest BCUT2D eigenvalue weighted by atomic mass is 16.6. The number of rotatable bonds is 10. The number of hydrogen-bond acceptors (Lipinski definition) is 5. The summed E-state index contributed by atoms with van der Waals surface area (Å²) in [6.07, 6.45) is 3.21. The van der Waals surface area contributed by atoms with Crippen molar-refractivity contribution in [3.8, 4) is 0 Å². The minimum absolute atomic E-state index is 0.113. The van der Waals surface area contributed by atoms with Crippen LogP contribution in [-0.2, 0) is 25.7 Å². The molecule has 0 spiro atoms. The Labute approximate surface area is 205 Å². The monoisotopic (exact) mass is 473 g/mol. The normalized spacial score (nSPS) is 21.8. The first kappa shape index (κ1) is 27.8. The summed E-state index contributed by atoms with van der Waals surface area (Å²) in [7, 11) is 0. The van der Waals surface area contributed by atoms with Crippen molar-refractivity contribution in [3.05, 3.63) is 35.9 Å². The van der Waals surface area contributed by atoms with Gasteiger partial charge in [0.25, 0.3) is 0 Å². The van der Waals surface area contributed by atoms with Gasteiger partial charge in [-0.05, 0) is 45.1 Å². The van der Waals surface area contributed by atoms with Gasteiger partial charge >= 0.3 is 5.97 Å². The Hall–Kier alpha value is -2.41. The molecule has 7 heteroatoms. The molecular formula is C27H43N3O4. The zero-order valence-corrected chi connectivity index (χ0v) is 21.9. The molecule has 1 aromatic carbocycles. The Balaban J connectivity index is 2.52. The van der Waals surface area contributed by atoms with Gasteiger partial charge in [0.1, 0.15) is 11.6 Å². The SMILES string of the molecule is CCC(CC)C[C@H](NC(C)=O)[C@H]1[C@H](NC(C)=O)CC(C(=O)OC(C)(C)C)N1Cc1ccccc1. The smallest absolute Gasteiger partial charge is 0.323 e. The number of nitrogens with zero attached hydrogens (tertiary/aromatic N) is 1. The van der Waals surface area contributed by atoms with Crippen LogP contribution in [-0.4, -0.2) is 52.5 Å². The van der Waals surface area contributed by atoms with Gasteiger partial charge in [-0.25, -0.2) is 0 Å². The average Bonchev–Trinajstić information content (AvgIpc) is 3.07. The molecule has 1 saturated heterocycles. The van der Waals surface area contributed by atoms with Gasteiger partial charge in [0, 0.05) is 32.5 Å². The number of amides is 2. The Kier molecular flexibility index (Phi) is 10.1. The van der Waals surface area contributed by atoms with E-state index in [-0.39, 0.29) is 35.9 Å². The van der Waals surface area contributed by atoms with E-state index >= 15 is 0 Å². The maximum Gasteiger partial charge on any atom is 0.323 e. The number of carbonyl (C=O) groups excluding carboxylic acids is 3. The fourth-order valence-corrected chi connectivity index (χ4v) is 5.01. The minimum atomic E-state index is -0.621. The van der Waals surface area contributed by atoms with E-state index in [2.05, 4.69) is 29.4 Å². The first-order chi connectivity index (χ1) is 15.9. The molecular weight excluding hydrogens is 430 g/mol. The molecule has 7 nitrogen and oxygen atoms in total. The molecule has 0 aliphatic carbocycles. The number of esters is 1. The molecule has 1 unspecified atom stereocenters.